The molecule has 1 N–H and O–H groups in total. The number of rotatable bonds is 5. The highest BCUT2D eigenvalue weighted by molar-refractivity contribution is 7.98. The van der Waals surface area contributed by atoms with Crippen LogP contribution in [0.15, 0.2) is 47.4 Å². The summed E-state index contributed by atoms with van der Waals surface area (Å²) >= 11 is 1.49. The molecule has 0 fully saturated rings. The Morgan fingerprint density at radius 3 is 2.55 bits per heavy atom. The summed E-state index contributed by atoms with van der Waals surface area (Å²) in [6, 6.07) is 11.0. The Morgan fingerprint density at radius 2 is 1.95 bits per heavy atom. The van der Waals surface area contributed by atoms with Crippen molar-refractivity contribution in [2.45, 2.75) is 10.6 Å². The number of methoxy groups -OCH3 is 1. The maximum Gasteiger partial charge on any atom is 0.335 e. The lowest BCUT2D eigenvalue weighted by Crippen LogP contribution is -1.95. The normalized spacial score (nSPS) is 10.3. The zero-order valence-corrected chi connectivity index (χ0v) is 11.6. The maximum atomic E-state index is 13.2. The molecule has 0 amide bonds. The molecule has 3 nitrogen and oxygen atoms in total. The minimum atomic E-state index is -0.951. The fourth-order valence-corrected chi connectivity index (χ4v) is 2.59. The van der Waals surface area contributed by atoms with E-state index in [1.165, 1.54) is 23.9 Å². The first-order chi connectivity index (χ1) is 9.60. The van der Waals surface area contributed by atoms with Crippen LogP contribution >= 0.6 is 11.8 Å². The molecular formula is C15H13FO3S. The van der Waals surface area contributed by atoms with E-state index in [0.717, 1.165) is 10.5 Å². The standard InChI is InChI=1S/C15H13FO3S/c1-19-14-7-4-12(16)8-11(14)9-20-13-5-2-10(3-6-13)15(17)18/h2-8H,9H2,1H3,(H,17,18). The molecule has 0 unspecified atom stereocenters. The van der Waals surface area contributed by atoms with E-state index in [2.05, 4.69) is 0 Å². The Hall–Kier alpha value is -2.01. The molecule has 0 aliphatic heterocycles. The van der Waals surface area contributed by atoms with Gasteiger partial charge in [0.1, 0.15) is 11.6 Å². The number of hydrogen-bond acceptors (Lipinski definition) is 3. The van der Waals surface area contributed by atoms with Gasteiger partial charge in [-0.1, -0.05) is 0 Å². The second-order valence-electron chi connectivity index (χ2n) is 4.07. The lowest BCUT2D eigenvalue weighted by atomic mass is 10.2. The Bertz CT molecular complexity index is 611. The van der Waals surface area contributed by atoms with Crippen molar-refractivity contribution in [1.82, 2.24) is 0 Å². The molecule has 0 saturated heterocycles. The first-order valence-corrected chi connectivity index (χ1v) is 6.87. The van der Waals surface area contributed by atoms with E-state index in [1.54, 1.807) is 37.4 Å². The van der Waals surface area contributed by atoms with Crippen molar-refractivity contribution < 1.29 is 19.0 Å². The Kier molecular flexibility index (Phi) is 4.63. The molecule has 0 aliphatic carbocycles. The number of carboxylic acids is 1. The van der Waals surface area contributed by atoms with Gasteiger partial charge in [0.15, 0.2) is 0 Å². The van der Waals surface area contributed by atoms with E-state index in [-0.39, 0.29) is 11.4 Å². The smallest absolute Gasteiger partial charge is 0.335 e. The van der Waals surface area contributed by atoms with Gasteiger partial charge >= 0.3 is 5.97 Å². The molecule has 0 aliphatic rings. The summed E-state index contributed by atoms with van der Waals surface area (Å²) in [6.07, 6.45) is 0. The van der Waals surface area contributed by atoms with Crippen LogP contribution in [0.25, 0.3) is 0 Å². The van der Waals surface area contributed by atoms with Gasteiger partial charge in [-0.15, -0.1) is 11.8 Å². The third-order valence-corrected chi connectivity index (χ3v) is 3.80. The van der Waals surface area contributed by atoms with E-state index in [0.29, 0.717) is 11.5 Å². The minimum absolute atomic E-state index is 0.248. The number of ether oxygens (including phenoxy) is 1. The minimum Gasteiger partial charge on any atom is -0.496 e. The summed E-state index contributed by atoms with van der Waals surface area (Å²) < 4.78 is 18.4. The van der Waals surface area contributed by atoms with Gasteiger partial charge in [0, 0.05) is 16.2 Å². The fourth-order valence-electron chi connectivity index (χ4n) is 1.71. The molecule has 0 atom stereocenters. The first kappa shape index (κ1) is 14.4. The molecule has 0 spiro atoms. The summed E-state index contributed by atoms with van der Waals surface area (Å²) in [4.78, 5) is 11.7. The van der Waals surface area contributed by atoms with Gasteiger partial charge in [-0.3, -0.25) is 0 Å². The molecule has 0 aromatic heterocycles. The first-order valence-electron chi connectivity index (χ1n) is 5.88. The quantitative estimate of drug-likeness (QED) is 0.851. The Morgan fingerprint density at radius 1 is 1.25 bits per heavy atom. The summed E-state index contributed by atoms with van der Waals surface area (Å²) in [5.74, 6) is -0.0649. The van der Waals surface area contributed by atoms with Crippen LogP contribution in [0.3, 0.4) is 0 Å². The number of benzene rings is 2. The van der Waals surface area contributed by atoms with Crippen LogP contribution in [0.2, 0.25) is 0 Å². The van der Waals surface area contributed by atoms with Crippen LogP contribution < -0.4 is 4.74 Å². The van der Waals surface area contributed by atoms with Crippen LogP contribution in [0.5, 0.6) is 5.75 Å². The average molecular weight is 292 g/mol. The van der Waals surface area contributed by atoms with Crippen LogP contribution in [-0.4, -0.2) is 18.2 Å². The van der Waals surface area contributed by atoms with E-state index in [1.807, 2.05) is 0 Å². The van der Waals surface area contributed by atoms with Crippen molar-refractivity contribution in [2.75, 3.05) is 7.11 Å². The number of aromatic carboxylic acids is 1. The second kappa shape index (κ2) is 6.43. The summed E-state index contributed by atoms with van der Waals surface area (Å²) in [7, 11) is 1.54. The van der Waals surface area contributed by atoms with Crippen molar-refractivity contribution in [3.8, 4) is 5.75 Å². The zero-order valence-electron chi connectivity index (χ0n) is 10.8. The second-order valence-corrected chi connectivity index (χ2v) is 5.12. The molecule has 2 aromatic carbocycles. The summed E-state index contributed by atoms with van der Waals surface area (Å²) in [5, 5.41) is 8.82. The maximum absolute atomic E-state index is 13.2. The highest BCUT2D eigenvalue weighted by atomic mass is 32.2. The average Bonchev–Trinajstić information content (AvgIpc) is 2.45. The van der Waals surface area contributed by atoms with Crippen LogP contribution in [0, 0.1) is 5.82 Å². The highest BCUT2D eigenvalue weighted by Crippen LogP contribution is 2.28. The van der Waals surface area contributed by atoms with Gasteiger partial charge < -0.3 is 9.84 Å². The van der Waals surface area contributed by atoms with E-state index in [9.17, 15) is 9.18 Å². The Balaban J connectivity index is 2.08. The van der Waals surface area contributed by atoms with Crippen molar-refractivity contribution >= 4 is 17.7 Å². The zero-order chi connectivity index (χ0) is 14.5. The molecule has 2 aromatic rings. The number of halogens is 1. The number of carboxylic acid groups (broad SMARTS) is 1. The monoisotopic (exact) mass is 292 g/mol. The highest BCUT2D eigenvalue weighted by Gasteiger charge is 2.06. The van der Waals surface area contributed by atoms with Gasteiger partial charge in [-0.2, -0.15) is 0 Å². The van der Waals surface area contributed by atoms with Crippen molar-refractivity contribution in [2.24, 2.45) is 0 Å². The largest absolute Gasteiger partial charge is 0.496 e. The fraction of sp³-hybridized carbons (Fsp3) is 0.133. The third-order valence-electron chi connectivity index (χ3n) is 2.74. The number of hydrogen-bond donors (Lipinski definition) is 1. The van der Waals surface area contributed by atoms with Crippen molar-refractivity contribution in [3.05, 3.63) is 59.4 Å². The van der Waals surface area contributed by atoms with E-state index >= 15 is 0 Å². The topological polar surface area (TPSA) is 46.5 Å². The van der Waals surface area contributed by atoms with Gasteiger partial charge in [0.2, 0.25) is 0 Å². The van der Waals surface area contributed by atoms with Gasteiger partial charge in [-0.05, 0) is 42.5 Å². The molecule has 0 radical (unpaired) electrons. The molecule has 0 bridgehead atoms. The number of carbonyl (C=O) groups is 1. The lowest BCUT2D eigenvalue weighted by molar-refractivity contribution is 0.0697. The molecule has 20 heavy (non-hydrogen) atoms. The van der Waals surface area contributed by atoms with Crippen molar-refractivity contribution in [1.29, 1.82) is 0 Å². The number of thioether (sulfide) groups is 1. The van der Waals surface area contributed by atoms with Gasteiger partial charge in [0.25, 0.3) is 0 Å². The molecular weight excluding hydrogens is 279 g/mol. The van der Waals surface area contributed by atoms with E-state index in [4.69, 9.17) is 9.84 Å². The molecule has 0 saturated carbocycles. The van der Waals surface area contributed by atoms with Crippen LogP contribution in [0.1, 0.15) is 15.9 Å². The molecule has 2 rings (SSSR count). The SMILES string of the molecule is COc1ccc(F)cc1CSc1ccc(C(=O)O)cc1. The van der Waals surface area contributed by atoms with E-state index < -0.39 is 5.97 Å². The van der Waals surface area contributed by atoms with Crippen LogP contribution in [0.4, 0.5) is 4.39 Å². The van der Waals surface area contributed by atoms with Gasteiger partial charge in [0.05, 0.1) is 12.7 Å². The summed E-state index contributed by atoms with van der Waals surface area (Å²) in [6.45, 7) is 0. The predicted octanol–water partition coefficient (Wildman–Crippen LogP) is 3.82. The third kappa shape index (κ3) is 3.51. The predicted molar refractivity (Wildman–Crippen MR) is 75.9 cm³/mol. The van der Waals surface area contributed by atoms with Gasteiger partial charge in [-0.25, -0.2) is 9.18 Å². The summed E-state index contributed by atoms with van der Waals surface area (Å²) in [5.41, 5.74) is 1.01. The lowest BCUT2D eigenvalue weighted by Gasteiger charge is -2.08. The molecule has 5 heteroatoms. The van der Waals surface area contributed by atoms with Crippen molar-refractivity contribution in [3.63, 3.8) is 0 Å². The molecule has 0 heterocycles. The molecule has 104 valence electrons. The van der Waals surface area contributed by atoms with Crippen LogP contribution in [-0.2, 0) is 5.75 Å². The Labute approximate surface area is 120 Å².